The monoisotopic (exact) mass is 404 g/mol. The lowest BCUT2D eigenvalue weighted by Gasteiger charge is -2.37. The third-order valence-corrected chi connectivity index (χ3v) is 9.89. The topological polar surface area (TPSA) is 35.5 Å². The Morgan fingerprint density at radius 3 is 2.21 bits per heavy atom. The number of aryl methyl sites for hydroxylation is 3. The number of carbonyl (C=O) groups is 1. The lowest BCUT2D eigenvalue weighted by atomic mass is 10.0. The third-order valence-electron chi connectivity index (χ3n) is 5.56. The molecule has 0 bridgehead atoms. The van der Waals surface area contributed by atoms with Crippen LogP contribution in [-0.2, 0) is 16.0 Å². The highest BCUT2D eigenvalue weighted by Crippen LogP contribution is 2.39. The molecule has 1 rings (SSSR count). The number of carbonyl (C=O) groups excluding carboxylic acids is 1. The predicted octanol–water partition coefficient (Wildman–Crippen LogP) is 6.91. The van der Waals surface area contributed by atoms with Crippen molar-refractivity contribution in [3.8, 4) is 5.75 Å². The van der Waals surface area contributed by atoms with E-state index in [2.05, 4.69) is 59.8 Å². The highest BCUT2D eigenvalue weighted by molar-refractivity contribution is 6.74. The van der Waals surface area contributed by atoms with Crippen LogP contribution in [0.2, 0.25) is 18.1 Å². The van der Waals surface area contributed by atoms with E-state index in [1.54, 1.807) is 0 Å². The summed E-state index contributed by atoms with van der Waals surface area (Å²) in [6.07, 6.45) is 8.89. The molecule has 0 fully saturated rings. The van der Waals surface area contributed by atoms with Crippen molar-refractivity contribution in [2.45, 2.75) is 91.8 Å². The van der Waals surface area contributed by atoms with Gasteiger partial charge in [-0.05, 0) is 81.3 Å². The van der Waals surface area contributed by atoms with E-state index in [1.807, 2.05) is 13.0 Å². The Balaban J connectivity index is 2.54. The summed E-state index contributed by atoms with van der Waals surface area (Å²) in [5, 5.41) is 0.201. The zero-order chi connectivity index (χ0) is 21.4. The highest BCUT2D eigenvalue weighted by atomic mass is 28.4. The average molecular weight is 405 g/mol. The minimum absolute atomic E-state index is 0.201. The van der Waals surface area contributed by atoms with Crippen molar-refractivity contribution in [2.75, 3.05) is 6.61 Å². The summed E-state index contributed by atoms with van der Waals surface area (Å²) >= 11 is 0. The van der Waals surface area contributed by atoms with Crippen LogP contribution in [0.1, 0.15) is 70.1 Å². The summed E-state index contributed by atoms with van der Waals surface area (Å²) in [5.41, 5.74) is 3.88. The number of benzene rings is 1. The maximum atomic E-state index is 11.2. The van der Waals surface area contributed by atoms with Gasteiger partial charge in [0.25, 0.3) is 8.32 Å². The minimum atomic E-state index is -1.82. The molecule has 0 aliphatic carbocycles. The first-order valence-electron chi connectivity index (χ1n) is 10.6. The first kappa shape index (κ1) is 24.5. The van der Waals surface area contributed by atoms with Gasteiger partial charge in [0, 0.05) is 6.08 Å². The van der Waals surface area contributed by atoms with Crippen LogP contribution in [0.5, 0.6) is 5.75 Å². The summed E-state index contributed by atoms with van der Waals surface area (Å²) in [6.45, 7) is 18.0. The molecule has 0 heterocycles. The predicted molar refractivity (Wildman–Crippen MR) is 122 cm³/mol. The van der Waals surface area contributed by atoms with E-state index in [1.165, 1.54) is 22.8 Å². The second kappa shape index (κ2) is 10.8. The van der Waals surface area contributed by atoms with Crippen molar-refractivity contribution in [2.24, 2.45) is 0 Å². The number of allylic oxidation sites excluding steroid dienone is 1. The van der Waals surface area contributed by atoms with Crippen molar-refractivity contribution < 1.29 is 14.0 Å². The Morgan fingerprint density at radius 1 is 1.07 bits per heavy atom. The van der Waals surface area contributed by atoms with E-state index in [9.17, 15) is 4.79 Å². The van der Waals surface area contributed by atoms with Gasteiger partial charge in [0.05, 0.1) is 6.61 Å². The van der Waals surface area contributed by atoms with Crippen molar-refractivity contribution in [3.63, 3.8) is 0 Å². The molecule has 0 aliphatic heterocycles. The van der Waals surface area contributed by atoms with Crippen LogP contribution in [0, 0.1) is 13.8 Å². The molecule has 0 aromatic heterocycles. The fourth-order valence-electron chi connectivity index (χ4n) is 2.89. The molecule has 158 valence electrons. The second-order valence-electron chi connectivity index (χ2n) is 9.17. The molecule has 4 heteroatoms. The van der Waals surface area contributed by atoms with Gasteiger partial charge in [0.15, 0.2) is 0 Å². The van der Waals surface area contributed by atoms with E-state index in [4.69, 9.17) is 9.16 Å². The Bertz CT molecular complexity index is 646. The van der Waals surface area contributed by atoms with Crippen molar-refractivity contribution in [3.05, 3.63) is 41.0 Å². The van der Waals surface area contributed by atoms with Crippen LogP contribution in [0.25, 0.3) is 0 Å². The standard InChI is InChI=1S/C24H40O3Si/c1-9-26-22(25)16-14-12-10-11-13-15-21-17-19(2)23(20(3)18-21)27-28(7,8)24(4,5)6/h14,16-18H,9-13,15H2,1-8H3/b16-14+. The number of ether oxygens (including phenoxy) is 1. The van der Waals surface area contributed by atoms with E-state index >= 15 is 0 Å². The normalized spacial score (nSPS) is 12.4. The van der Waals surface area contributed by atoms with Gasteiger partial charge in [-0.1, -0.05) is 45.4 Å². The molecule has 0 aliphatic rings. The molecule has 0 radical (unpaired) electrons. The van der Waals surface area contributed by atoms with Crippen LogP contribution in [-0.4, -0.2) is 20.9 Å². The van der Waals surface area contributed by atoms with Crippen molar-refractivity contribution in [1.29, 1.82) is 0 Å². The molecule has 0 amide bonds. The lowest BCUT2D eigenvalue weighted by molar-refractivity contribution is -0.137. The quantitative estimate of drug-likeness (QED) is 0.184. The third kappa shape index (κ3) is 7.82. The number of unbranched alkanes of at least 4 members (excludes halogenated alkanes) is 3. The summed E-state index contributed by atoms with van der Waals surface area (Å²) in [4.78, 5) is 11.2. The molecule has 0 spiro atoms. The number of hydrogen-bond donors (Lipinski definition) is 0. The van der Waals surface area contributed by atoms with Gasteiger partial charge in [-0.25, -0.2) is 4.79 Å². The van der Waals surface area contributed by atoms with Crippen LogP contribution in [0.4, 0.5) is 0 Å². The van der Waals surface area contributed by atoms with E-state index in [0.29, 0.717) is 6.61 Å². The summed E-state index contributed by atoms with van der Waals surface area (Å²) < 4.78 is 11.5. The molecular weight excluding hydrogens is 364 g/mol. The Morgan fingerprint density at radius 2 is 1.68 bits per heavy atom. The molecule has 1 aromatic rings. The van der Waals surface area contributed by atoms with Gasteiger partial charge >= 0.3 is 5.97 Å². The first-order chi connectivity index (χ1) is 13.0. The average Bonchev–Trinajstić information content (AvgIpc) is 2.56. The summed E-state index contributed by atoms with van der Waals surface area (Å²) in [7, 11) is -1.82. The largest absolute Gasteiger partial charge is 0.543 e. The van der Waals surface area contributed by atoms with Crippen molar-refractivity contribution in [1.82, 2.24) is 0 Å². The zero-order valence-corrected chi connectivity index (χ0v) is 20.3. The molecule has 0 saturated heterocycles. The molecule has 28 heavy (non-hydrogen) atoms. The summed E-state index contributed by atoms with van der Waals surface area (Å²) in [6, 6.07) is 4.58. The number of hydrogen-bond acceptors (Lipinski definition) is 3. The molecule has 0 atom stereocenters. The van der Waals surface area contributed by atoms with Gasteiger partial charge in [-0.2, -0.15) is 0 Å². The Labute approximate surface area is 173 Å². The highest BCUT2D eigenvalue weighted by Gasteiger charge is 2.39. The maximum absolute atomic E-state index is 11.2. The van der Waals surface area contributed by atoms with Gasteiger partial charge in [0.1, 0.15) is 5.75 Å². The number of rotatable bonds is 10. The SMILES string of the molecule is CCOC(=O)/C=C/CCCCCc1cc(C)c(O[Si](C)(C)C(C)(C)C)c(C)c1. The zero-order valence-electron chi connectivity index (χ0n) is 19.3. The van der Waals surface area contributed by atoms with Crippen LogP contribution < -0.4 is 4.43 Å². The van der Waals surface area contributed by atoms with E-state index in [-0.39, 0.29) is 11.0 Å². The minimum Gasteiger partial charge on any atom is -0.543 e. The molecule has 0 unspecified atom stereocenters. The van der Waals surface area contributed by atoms with E-state index in [0.717, 1.165) is 37.9 Å². The number of esters is 1. The molecule has 1 aromatic carbocycles. The first-order valence-corrected chi connectivity index (χ1v) is 13.5. The van der Waals surface area contributed by atoms with Gasteiger partial charge < -0.3 is 9.16 Å². The fourth-order valence-corrected chi connectivity index (χ4v) is 4.03. The van der Waals surface area contributed by atoms with Gasteiger partial charge in [-0.15, -0.1) is 0 Å². The van der Waals surface area contributed by atoms with Gasteiger partial charge in [0.2, 0.25) is 0 Å². The lowest BCUT2D eigenvalue weighted by Crippen LogP contribution is -2.44. The molecule has 0 N–H and O–H groups in total. The fraction of sp³-hybridized carbons (Fsp3) is 0.625. The van der Waals surface area contributed by atoms with Crippen LogP contribution in [0.3, 0.4) is 0 Å². The van der Waals surface area contributed by atoms with Crippen molar-refractivity contribution >= 4 is 14.3 Å². The summed E-state index contributed by atoms with van der Waals surface area (Å²) in [5.74, 6) is 0.841. The van der Waals surface area contributed by atoms with Crippen LogP contribution >= 0.6 is 0 Å². The van der Waals surface area contributed by atoms with Gasteiger partial charge in [-0.3, -0.25) is 0 Å². The van der Waals surface area contributed by atoms with E-state index < -0.39 is 8.32 Å². The smallest absolute Gasteiger partial charge is 0.330 e. The second-order valence-corrected chi connectivity index (χ2v) is 13.9. The maximum Gasteiger partial charge on any atom is 0.330 e. The Kier molecular flexibility index (Phi) is 9.48. The molecule has 0 saturated carbocycles. The Hall–Kier alpha value is -1.55. The molecular formula is C24H40O3Si. The molecule has 3 nitrogen and oxygen atoms in total. The van der Waals surface area contributed by atoms with Crippen LogP contribution in [0.15, 0.2) is 24.3 Å².